The summed E-state index contributed by atoms with van der Waals surface area (Å²) in [6, 6.07) is 1.87. The van der Waals surface area contributed by atoms with Crippen LogP contribution in [0.4, 0.5) is 14.5 Å². The van der Waals surface area contributed by atoms with E-state index in [4.69, 9.17) is 0 Å². The molecule has 0 aliphatic heterocycles. The van der Waals surface area contributed by atoms with Crippen molar-refractivity contribution < 1.29 is 13.7 Å². The molecule has 0 heterocycles. The molecular formula is C12H14F2N2O2. The van der Waals surface area contributed by atoms with Crippen molar-refractivity contribution >= 4 is 5.69 Å². The van der Waals surface area contributed by atoms with Crippen LogP contribution in [-0.4, -0.2) is 11.0 Å². The smallest absolute Gasteiger partial charge is 0.305 e. The summed E-state index contributed by atoms with van der Waals surface area (Å²) < 4.78 is 26.5. The Labute approximate surface area is 103 Å². The third-order valence-corrected chi connectivity index (χ3v) is 3.31. The average Bonchev–Trinajstić information content (AvgIpc) is 3.06. The van der Waals surface area contributed by atoms with E-state index < -0.39 is 22.2 Å². The quantitative estimate of drug-likeness (QED) is 0.651. The fourth-order valence-electron chi connectivity index (χ4n) is 2.05. The third-order valence-electron chi connectivity index (χ3n) is 3.31. The topological polar surface area (TPSA) is 55.2 Å². The van der Waals surface area contributed by atoms with Crippen molar-refractivity contribution in [2.24, 2.45) is 5.92 Å². The van der Waals surface area contributed by atoms with Gasteiger partial charge in [0, 0.05) is 30.3 Å². The fraction of sp³-hybridized carbons (Fsp3) is 0.500. The van der Waals surface area contributed by atoms with Crippen LogP contribution in [0.5, 0.6) is 0 Å². The van der Waals surface area contributed by atoms with Gasteiger partial charge in [-0.2, -0.15) is 4.39 Å². The van der Waals surface area contributed by atoms with Crippen LogP contribution in [-0.2, 0) is 6.54 Å². The summed E-state index contributed by atoms with van der Waals surface area (Å²) >= 11 is 0. The highest BCUT2D eigenvalue weighted by molar-refractivity contribution is 5.37. The van der Waals surface area contributed by atoms with Gasteiger partial charge in [0.1, 0.15) is 5.82 Å². The Balaban J connectivity index is 2.08. The van der Waals surface area contributed by atoms with E-state index in [0.29, 0.717) is 18.0 Å². The first-order valence-corrected chi connectivity index (χ1v) is 5.88. The molecule has 1 saturated carbocycles. The molecule has 0 bridgehead atoms. The monoisotopic (exact) mass is 256 g/mol. The van der Waals surface area contributed by atoms with Gasteiger partial charge in [0.15, 0.2) is 0 Å². The maximum Gasteiger partial charge on any atom is 0.305 e. The lowest BCUT2D eigenvalue weighted by Crippen LogP contribution is -2.18. The standard InChI is InChI=1S/C12H14F2N2O2/c1-2-7-3-11(7)15-6-8-4-12(16(17)18)10(14)5-9(8)13/h4-5,7,11,15H,2-3,6H2,1H3. The van der Waals surface area contributed by atoms with Crippen LogP contribution >= 0.6 is 0 Å². The van der Waals surface area contributed by atoms with Gasteiger partial charge in [-0.3, -0.25) is 10.1 Å². The van der Waals surface area contributed by atoms with Gasteiger partial charge in [0.25, 0.3) is 0 Å². The van der Waals surface area contributed by atoms with Gasteiger partial charge in [0.2, 0.25) is 5.82 Å². The highest BCUT2D eigenvalue weighted by Crippen LogP contribution is 2.33. The molecule has 6 heteroatoms. The minimum Gasteiger partial charge on any atom is -0.310 e. The zero-order valence-corrected chi connectivity index (χ0v) is 9.95. The fourth-order valence-corrected chi connectivity index (χ4v) is 2.05. The summed E-state index contributed by atoms with van der Waals surface area (Å²) in [6.45, 7) is 2.27. The lowest BCUT2D eigenvalue weighted by molar-refractivity contribution is -0.387. The van der Waals surface area contributed by atoms with E-state index in [9.17, 15) is 18.9 Å². The summed E-state index contributed by atoms with van der Waals surface area (Å²) in [5.41, 5.74) is -0.555. The first-order chi connectivity index (χ1) is 8.52. The van der Waals surface area contributed by atoms with Crippen LogP contribution < -0.4 is 5.32 Å². The molecule has 2 unspecified atom stereocenters. The normalized spacial score (nSPS) is 21.9. The van der Waals surface area contributed by atoms with E-state index in [1.807, 2.05) is 0 Å². The molecule has 1 aromatic carbocycles. The number of hydrogen-bond acceptors (Lipinski definition) is 3. The molecule has 1 N–H and O–H groups in total. The zero-order valence-electron chi connectivity index (χ0n) is 9.95. The van der Waals surface area contributed by atoms with E-state index in [0.717, 1.165) is 18.9 Å². The number of nitrogens with zero attached hydrogens (tertiary/aromatic N) is 1. The van der Waals surface area contributed by atoms with Crippen LogP contribution in [0.3, 0.4) is 0 Å². The van der Waals surface area contributed by atoms with Crippen LogP contribution in [0.25, 0.3) is 0 Å². The van der Waals surface area contributed by atoms with Crippen molar-refractivity contribution in [2.45, 2.75) is 32.4 Å². The zero-order chi connectivity index (χ0) is 13.3. The maximum atomic E-state index is 13.4. The van der Waals surface area contributed by atoms with E-state index in [1.54, 1.807) is 0 Å². The Morgan fingerprint density at radius 1 is 1.44 bits per heavy atom. The van der Waals surface area contributed by atoms with Crippen LogP contribution in [0.15, 0.2) is 12.1 Å². The van der Waals surface area contributed by atoms with E-state index in [1.165, 1.54) is 0 Å². The molecule has 2 rings (SSSR count). The Bertz CT molecular complexity index is 479. The maximum absolute atomic E-state index is 13.4. The number of benzene rings is 1. The Morgan fingerprint density at radius 2 is 2.17 bits per heavy atom. The largest absolute Gasteiger partial charge is 0.310 e. The molecule has 0 spiro atoms. The number of halogens is 2. The molecule has 4 nitrogen and oxygen atoms in total. The van der Waals surface area contributed by atoms with Gasteiger partial charge < -0.3 is 5.32 Å². The highest BCUT2D eigenvalue weighted by atomic mass is 19.1. The second kappa shape index (κ2) is 4.97. The number of nitro benzene ring substituents is 1. The van der Waals surface area contributed by atoms with Crippen molar-refractivity contribution in [3.63, 3.8) is 0 Å². The van der Waals surface area contributed by atoms with Gasteiger partial charge in [-0.15, -0.1) is 0 Å². The second-order valence-corrected chi connectivity index (χ2v) is 4.54. The SMILES string of the molecule is CCC1CC1NCc1cc([N+](=O)[O-])c(F)cc1F. The molecule has 1 aromatic rings. The predicted octanol–water partition coefficient (Wildman–Crippen LogP) is 2.76. The molecule has 1 aliphatic carbocycles. The third kappa shape index (κ3) is 2.64. The predicted molar refractivity (Wildman–Crippen MR) is 62.0 cm³/mol. The van der Waals surface area contributed by atoms with E-state index >= 15 is 0 Å². The van der Waals surface area contributed by atoms with Crippen LogP contribution in [0.2, 0.25) is 0 Å². The first-order valence-electron chi connectivity index (χ1n) is 5.88. The summed E-state index contributed by atoms with van der Waals surface area (Å²) in [7, 11) is 0. The average molecular weight is 256 g/mol. The summed E-state index contributed by atoms with van der Waals surface area (Å²) in [5.74, 6) is -1.29. The van der Waals surface area contributed by atoms with Crippen molar-refractivity contribution in [3.8, 4) is 0 Å². The second-order valence-electron chi connectivity index (χ2n) is 4.54. The molecular weight excluding hydrogens is 242 g/mol. The van der Waals surface area contributed by atoms with Crippen molar-refractivity contribution in [2.75, 3.05) is 0 Å². The van der Waals surface area contributed by atoms with Crippen molar-refractivity contribution in [1.82, 2.24) is 5.32 Å². The van der Waals surface area contributed by atoms with E-state index in [2.05, 4.69) is 12.2 Å². The molecule has 0 radical (unpaired) electrons. The van der Waals surface area contributed by atoms with Gasteiger partial charge in [-0.05, 0) is 12.3 Å². The van der Waals surface area contributed by atoms with Crippen LogP contribution in [0.1, 0.15) is 25.3 Å². The van der Waals surface area contributed by atoms with Gasteiger partial charge >= 0.3 is 5.69 Å². The number of nitrogens with one attached hydrogen (secondary N) is 1. The lowest BCUT2D eigenvalue weighted by Gasteiger charge is -2.06. The van der Waals surface area contributed by atoms with Gasteiger partial charge in [-0.25, -0.2) is 4.39 Å². The van der Waals surface area contributed by atoms with Gasteiger partial charge in [-0.1, -0.05) is 13.3 Å². The minimum absolute atomic E-state index is 0.129. The molecule has 0 saturated heterocycles. The molecule has 1 aliphatic rings. The lowest BCUT2D eigenvalue weighted by atomic mass is 10.1. The first kappa shape index (κ1) is 12.9. The summed E-state index contributed by atoms with van der Waals surface area (Å²) in [5, 5.41) is 13.7. The Kier molecular flexibility index (Phi) is 3.56. The summed E-state index contributed by atoms with van der Waals surface area (Å²) in [4.78, 5) is 9.71. The van der Waals surface area contributed by atoms with Gasteiger partial charge in [0.05, 0.1) is 4.92 Å². The van der Waals surface area contributed by atoms with Crippen LogP contribution in [0, 0.1) is 27.7 Å². The molecule has 0 amide bonds. The number of rotatable bonds is 5. The molecule has 0 aromatic heterocycles. The Morgan fingerprint density at radius 3 is 2.72 bits per heavy atom. The molecule has 98 valence electrons. The number of nitro groups is 1. The van der Waals surface area contributed by atoms with E-state index in [-0.39, 0.29) is 12.1 Å². The Hall–Kier alpha value is -1.56. The molecule has 2 atom stereocenters. The van der Waals surface area contributed by atoms with Crippen molar-refractivity contribution in [3.05, 3.63) is 39.4 Å². The minimum atomic E-state index is -1.14. The summed E-state index contributed by atoms with van der Waals surface area (Å²) in [6.07, 6.45) is 2.10. The highest BCUT2D eigenvalue weighted by Gasteiger charge is 2.34. The van der Waals surface area contributed by atoms with Crippen molar-refractivity contribution in [1.29, 1.82) is 0 Å². The number of hydrogen-bond donors (Lipinski definition) is 1. The molecule has 18 heavy (non-hydrogen) atoms. The molecule has 1 fully saturated rings.